The summed E-state index contributed by atoms with van der Waals surface area (Å²) in [5, 5.41) is 11.2. The first-order chi connectivity index (χ1) is 9.92. The molecule has 0 spiro atoms. The van der Waals surface area contributed by atoms with E-state index >= 15 is 0 Å². The Morgan fingerprint density at radius 3 is 2.48 bits per heavy atom. The molecule has 2 rings (SSSR count). The number of nitrogens with zero attached hydrogens (tertiary/aromatic N) is 1. The Bertz CT molecular complexity index is 458. The second-order valence-corrected chi connectivity index (χ2v) is 6.68. The normalized spacial score (nSPS) is 24.3. The van der Waals surface area contributed by atoms with Gasteiger partial charge in [-0.1, -0.05) is 18.2 Å². The van der Waals surface area contributed by atoms with Gasteiger partial charge in [0.25, 0.3) is 0 Å². The van der Waals surface area contributed by atoms with Gasteiger partial charge in [0.05, 0.1) is 11.7 Å². The predicted octanol–water partition coefficient (Wildman–Crippen LogP) is 3.56. The summed E-state index contributed by atoms with van der Waals surface area (Å²) in [7, 11) is 0. The summed E-state index contributed by atoms with van der Waals surface area (Å²) in [6, 6.07) is 8.49. The molecular weight excluding hydrogens is 262 g/mol. The highest BCUT2D eigenvalue weighted by molar-refractivity contribution is 5.38. The van der Waals surface area contributed by atoms with Gasteiger partial charge in [-0.05, 0) is 59.6 Å². The van der Waals surface area contributed by atoms with Crippen LogP contribution < -0.4 is 4.74 Å². The Hall–Kier alpha value is -1.06. The third kappa shape index (κ3) is 3.98. The van der Waals surface area contributed by atoms with Gasteiger partial charge < -0.3 is 14.7 Å². The minimum absolute atomic E-state index is 0.118. The van der Waals surface area contributed by atoms with E-state index in [0.717, 1.165) is 43.7 Å². The lowest BCUT2D eigenvalue weighted by Crippen LogP contribution is -2.33. The summed E-state index contributed by atoms with van der Waals surface area (Å²) in [4.78, 5) is 2.45. The molecule has 1 atom stereocenters. The molecule has 1 saturated heterocycles. The summed E-state index contributed by atoms with van der Waals surface area (Å²) >= 11 is 0. The average molecular weight is 291 g/mol. The van der Waals surface area contributed by atoms with Crippen molar-refractivity contribution in [3.05, 3.63) is 29.8 Å². The van der Waals surface area contributed by atoms with Gasteiger partial charge in [0.15, 0.2) is 0 Å². The fraction of sp³-hybridized carbons (Fsp3) is 0.667. The van der Waals surface area contributed by atoms with E-state index in [1.807, 2.05) is 38.1 Å². The van der Waals surface area contributed by atoms with Crippen molar-refractivity contribution in [3.63, 3.8) is 0 Å². The van der Waals surface area contributed by atoms with Gasteiger partial charge in [0.1, 0.15) is 5.75 Å². The van der Waals surface area contributed by atoms with Crippen LogP contribution in [0.1, 0.15) is 52.5 Å². The fourth-order valence-electron chi connectivity index (χ4n) is 3.13. The smallest absolute Gasteiger partial charge is 0.125 e. The van der Waals surface area contributed by atoms with Gasteiger partial charge in [-0.25, -0.2) is 0 Å². The zero-order valence-electron chi connectivity index (χ0n) is 13.8. The van der Waals surface area contributed by atoms with Gasteiger partial charge in [-0.2, -0.15) is 0 Å². The number of ether oxygens (including phenoxy) is 1. The molecule has 1 unspecified atom stereocenters. The SMILES string of the molecule is CC(C)Oc1ccccc1C1(O)CCCN(C(C)C)CC1. The molecule has 1 aliphatic heterocycles. The Labute approximate surface area is 128 Å². The van der Waals surface area contributed by atoms with Crippen LogP contribution >= 0.6 is 0 Å². The largest absolute Gasteiger partial charge is 0.491 e. The number of likely N-dealkylation sites (tertiary alicyclic amines) is 1. The third-order valence-corrected chi connectivity index (χ3v) is 4.33. The van der Waals surface area contributed by atoms with Gasteiger partial charge in [-0.15, -0.1) is 0 Å². The van der Waals surface area contributed by atoms with Crippen LogP contribution in [0.5, 0.6) is 5.75 Å². The summed E-state index contributed by atoms with van der Waals surface area (Å²) in [5.74, 6) is 0.827. The number of rotatable bonds is 4. The van der Waals surface area contributed by atoms with E-state index < -0.39 is 5.60 Å². The van der Waals surface area contributed by atoms with E-state index in [1.54, 1.807) is 0 Å². The molecule has 0 aliphatic carbocycles. The Morgan fingerprint density at radius 2 is 1.81 bits per heavy atom. The lowest BCUT2D eigenvalue weighted by molar-refractivity contribution is 0.0168. The molecule has 0 amide bonds. The maximum absolute atomic E-state index is 11.2. The van der Waals surface area contributed by atoms with Crippen molar-refractivity contribution in [3.8, 4) is 5.75 Å². The zero-order chi connectivity index (χ0) is 15.5. The van der Waals surface area contributed by atoms with Gasteiger partial charge in [0, 0.05) is 18.2 Å². The second-order valence-electron chi connectivity index (χ2n) is 6.68. The van der Waals surface area contributed by atoms with Crippen molar-refractivity contribution in [2.45, 2.75) is 64.7 Å². The van der Waals surface area contributed by atoms with Crippen molar-refractivity contribution in [1.82, 2.24) is 4.90 Å². The van der Waals surface area contributed by atoms with Crippen molar-refractivity contribution in [2.75, 3.05) is 13.1 Å². The van der Waals surface area contributed by atoms with Gasteiger partial charge in [0.2, 0.25) is 0 Å². The van der Waals surface area contributed by atoms with Crippen molar-refractivity contribution in [2.24, 2.45) is 0 Å². The second kappa shape index (κ2) is 6.80. The molecule has 1 heterocycles. The van der Waals surface area contributed by atoms with Crippen LogP contribution in [0.2, 0.25) is 0 Å². The van der Waals surface area contributed by atoms with Crippen LogP contribution in [-0.4, -0.2) is 35.2 Å². The molecular formula is C18H29NO2. The minimum atomic E-state index is -0.769. The lowest BCUT2D eigenvalue weighted by atomic mass is 9.86. The first-order valence-corrected chi connectivity index (χ1v) is 8.15. The number of para-hydroxylation sites is 1. The van der Waals surface area contributed by atoms with Gasteiger partial charge in [-0.3, -0.25) is 0 Å². The van der Waals surface area contributed by atoms with Gasteiger partial charge >= 0.3 is 0 Å². The highest BCUT2D eigenvalue weighted by atomic mass is 16.5. The van der Waals surface area contributed by atoms with E-state index in [9.17, 15) is 5.11 Å². The highest BCUT2D eigenvalue weighted by Gasteiger charge is 2.34. The molecule has 1 aromatic carbocycles. The van der Waals surface area contributed by atoms with Crippen LogP contribution in [0.25, 0.3) is 0 Å². The molecule has 1 aromatic rings. The van der Waals surface area contributed by atoms with Crippen LogP contribution in [0.15, 0.2) is 24.3 Å². The fourth-order valence-corrected chi connectivity index (χ4v) is 3.13. The number of hydrogen-bond acceptors (Lipinski definition) is 3. The molecule has 3 heteroatoms. The van der Waals surface area contributed by atoms with E-state index in [-0.39, 0.29) is 6.10 Å². The number of aliphatic hydroxyl groups is 1. The standard InChI is InChI=1S/C18H29NO2/c1-14(2)19-12-7-10-18(20,11-13-19)16-8-5-6-9-17(16)21-15(3)4/h5-6,8-9,14-15,20H,7,10-13H2,1-4H3. The van der Waals surface area contributed by atoms with E-state index in [1.165, 1.54) is 0 Å². The average Bonchev–Trinajstić information content (AvgIpc) is 2.61. The first-order valence-electron chi connectivity index (χ1n) is 8.15. The maximum atomic E-state index is 11.2. The number of hydrogen-bond donors (Lipinski definition) is 1. The molecule has 3 nitrogen and oxygen atoms in total. The van der Waals surface area contributed by atoms with Crippen LogP contribution in [0, 0.1) is 0 Å². The summed E-state index contributed by atoms with van der Waals surface area (Å²) in [5.41, 5.74) is 0.180. The molecule has 118 valence electrons. The topological polar surface area (TPSA) is 32.7 Å². The Kier molecular flexibility index (Phi) is 5.28. The highest BCUT2D eigenvalue weighted by Crippen LogP contribution is 2.38. The molecule has 1 fully saturated rings. The molecule has 21 heavy (non-hydrogen) atoms. The Balaban J connectivity index is 2.23. The molecule has 1 N–H and O–H groups in total. The lowest BCUT2D eigenvalue weighted by Gasteiger charge is -2.30. The summed E-state index contributed by atoms with van der Waals surface area (Å²) < 4.78 is 5.91. The minimum Gasteiger partial charge on any atom is -0.491 e. The summed E-state index contributed by atoms with van der Waals surface area (Å²) in [6.07, 6.45) is 2.70. The van der Waals surface area contributed by atoms with Crippen molar-refractivity contribution in [1.29, 1.82) is 0 Å². The third-order valence-electron chi connectivity index (χ3n) is 4.33. The van der Waals surface area contributed by atoms with E-state index in [2.05, 4.69) is 18.7 Å². The van der Waals surface area contributed by atoms with E-state index in [0.29, 0.717) is 6.04 Å². The summed E-state index contributed by atoms with van der Waals surface area (Å²) in [6.45, 7) is 10.5. The van der Waals surface area contributed by atoms with Crippen molar-refractivity contribution >= 4 is 0 Å². The van der Waals surface area contributed by atoms with Crippen LogP contribution in [-0.2, 0) is 5.60 Å². The Morgan fingerprint density at radius 1 is 1.10 bits per heavy atom. The maximum Gasteiger partial charge on any atom is 0.125 e. The predicted molar refractivity (Wildman–Crippen MR) is 86.7 cm³/mol. The number of benzene rings is 1. The van der Waals surface area contributed by atoms with Crippen LogP contribution in [0.3, 0.4) is 0 Å². The molecule has 0 bridgehead atoms. The molecule has 1 aliphatic rings. The quantitative estimate of drug-likeness (QED) is 0.920. The first kappa shape index (κ1) is 16.3. The van der Waals surface area contributed by atoms with E-state index in [4.69, 9.17) is 4.74 Å². The van der Waals surface area contributed by atoms with Crippen LogP contribution in [0.4, 0.5) is 0 Å². The molecule has 0 saturated carbocycles. The monoisotopic (exact) mass is 291 g/mol. The zero-order valence-corrected chi connectivity index (χ0v) is 13.8. The molecule has 0 aromatic heterocycles. The molecule has 0 radical (unpaired) electrons. The van der Waals surface area contributed by atoms with Crippen molar-refractivity contribution < 1.29 is 9.84 Å².